The lowest BCUT2D eigenvalue weighted by Crippen LogP contribution is -2.23. The fourth-order valence-electron chi connectivity index (χ4n) is 1.98. The van der Waals surface area contributed by atoms with E-state index in [0.717, 1.165) is 5.69 Å². The molecule has 2 aromatic rings. The highest BCUT2D eigenvalue weighted by molar-refractivity contribution is 5.89. The molecule has 1 aromatic heterocycles. The first-order valence-electron chi connectivity index (χ1n) is 6.43. The second kappa shape index (κ2) is 5.28. The number of hydrogen-bond acceptors (Lipinski definition) is 6. The number of anilines is 1. The standard InChI is InChI=1S/C14H13N3O4/c15-9-1-3-10(4-2-9)17-7-5-11(16-17)13(18)21-12-6-8-20-14(12)19/h1-5,7,12H,6,8,15H2. The second-order valence-electron chi connectivity index (χ2n) is 4.59. The van der Waals surface area contributed by atoms with Crippen LogP contribution in [0.2, 0.25) is 0 Å². The van der Waals surface area contributed by atoms with Crippen molar-refractivity contribution in [2.24, 2.45) is 0 Å². The zero-order valence-electron chi connectivity index (χ0n) is 11.1. The van der Waals surface area contributed by atoms with Crippen LogP contribution in [0.4, 0.5) is 5.69 Å². The molecule has 2 N–H and O–H groups in total. The van der Waals surface area contributed by atoms with E-state index in [4.69, 9.17) is 15.2 Å². The average molecular weight is 287 g/mol. The molecule has 0 spiro atoms. The van der Waals surface area contributed by atoms with Gasteiger partial charge < -0.3 is 15.2 Å². The van der Waals surface area contributed by atoms with Gasteiger partial charge in [-0.25, -0.2) is 14.3 Å². The van der Waals surface area contributed by atoms with Crippen molar-refractivity contribution < 1.29 is 19.1 Å². The van der Waals surface area contributed by atoms with Crippen molar-refractivity contribution >= 4 is 17.6 Å². The van der Waals surface area contributed by atoms with Crippen molar-refractivity contribution in [1.82, 2.24) is 9.78 Å². The van der Waals surface area contributed by atoms with Gasteiger partial charge in [-0.2, -0.15) is 5.10 Å². The number of carbonyl (C=O) groups is 2. The lowest BCUT2D eigenvalue weighted by Gasteiger charge is -2.06. The van der Waals surface area contributed by atoms with Crippen LogP contribution in [0.5, 0.6) is 0 Å². The monoisotopic (exact) mass is 287 g/mol. The van der Waals surface area contributed by atoms with Crippen molar-refractivity contribution in [3.8, 4) is 5.69 Å². The third-order valence-corrected chi connectivity index (χ3v) is 3.09. The van der Waals surface area contributed by atoms with Gasteiger partial charge in [0.25, 0.3) is 0 Å². The summed E-state index contributed by atoms with van der Waals surface area (Å²) in [7, 11) is 0. The van der Waals surface area contributed by atoms with Gasteiger partial charge >= 0.3 is 11.9 Å². The molecule has 0 bridgehead atoms. The number of rotatable bonds is 3. The normalized spacial score (nSPS) is 17.5. The number of nitrogens with zero attached hydrogens (tertiary/aromatic N) is 2. The van der Waals surface area contributed by atoms with Gasteiger partial charge in [-0.15, -0.1) is 0 Å². The zero-order chi connectivity index (χ0) is 14.8. The van der Waals surface area contributed by atoms with Gasteiger partial charge in [-0.1, -0.05) is 0 Å². The molecule has 1 saturated heterocycles. The molecule has 0 radical (unpaired) electrons. The molecule has 0 saturated carbocycles. The summed E-state index contributed by atoms with van der Waals surface area (Å²) in [5, 5.41) is 4.13. The Morgan fingerprint density at radius 3 is 2.76 bits per heavy atom. The number of aromatic nitrogens is 2. The summed E-state index contributed by atoms with van der Waals surface area (Å²) in [6, 6.07) is 8.57. The Labute approximate surface area is 120 Å². The smallest absolute Gasteiger partial charge is 0.359 e. The highest BCUT2D eigenvalue weighted by Crippen LogP contribution is 2.14. The third kappa shape index (κ3) is 2.71. The van der Waals surface area contributed by atoms with Crippen LogP contribution < -0.4 is 5.73 Å². The van der Waals surface area contributed by atoms with Crippen LogP contribution in [0.25, 0.3) is 5.69 Å². The topological polar surface area (TPSA) is 96.4 Å². The Balaban J connectivity index is 1.73. The molecule has 1 aliphatic rings. The molecule has 2 heterocycles. The Morgan fingerprint density at radius 2 is 2.10 bits per heavy atom. The SMILES string of the molecule is Nc1ccc(-n2ccc(C(=O)OC3CCOC3=O)n2)cc1. The first kappa shape index (κ1) is 13.2. The van der Waals surface area contributed by atoms with E-state index in [9.17, 15) is 9.59 Å². The van der Waals surface area contributed by atoms with Gasteiger partial charge in [0.1, 0.15) is 0 Å². The van der Waals surface area contributed by atoms with Crippen LogP contribution in [0, 0.1) is 0 Å². The molecule has 7 nitrogen and oxygen atoms in total. The van der Waals surface area contributed by atoms with Crippen molar-refractivity contribution in [1.29, 1.82) is 0 Å². The molecule has 1 aliphatic heterocycles. The Morgan fingerprint density at radius 1 is 1.33 bits per heavy atom. The number of hydrogen-bond donors (Lipinski definition) is 1. The molecule has 0 aliphatic carbocycles. The van der Waals surface area contributed by atoms with Crippen LogP contribution in [-0.4, -0.2) is 34.4 Å². The molecule has 21 heavy (non-hydrogen) atoms. The minimum absolute atomic E-state index is 0.131. The second-order valence-corrected chi connectivity index (χ2v) is 4.59. The quantitative estimate of drug-likeness (QED) is 0.666. The number of nitrogens with two attached hydrogens (primary N) is 1. The van der Waals surface area contributed by atoms with Gasteiger partial charge in [0, 0.05) is 18.3 Å². The minimum atomic E-state index is -0.834. The van der Waals surface area contributed by atoms with Crippen LogP contribution >= 0.6 is 0 Å². The van der Waals surface area contributed by atoms with Gasteiger partial charge in [0.05, 0.1) is 12.3 Å². The summed E-state index contributed by atoms with van der Waals surface area (Å²) in [5.74, 6) is -1.16. The fourth-order valence-corrected chi connectivity index (χ4v) is 1.98. The van der Waals surface area contributed by atoms with E-state index in [2.05, 4.69) is 5.10 Å². The third-order valence-electron chi connectivity index (χ3n) is 3.09. The number of esters is 2. The van der Waals surface area contributed by atoms with Crippen molar-refractivity contribution in [2.45, 2.75) is 12.5 Å². The van der Waals surface area contributed by atoms with E-state index < -0.39 is 18.0 Å². The maximum Gasteiger partial charge on any atom is 0.359 e. The molecule has 1 fully saturated rings. The molecule has 108 valence electrons. The lowest BCUT2D eigenvalue weighted by atomic mass is 10.3. The van der Waals surface area contributed by atoms with Gasteiger partial charge in [-0.05, 0) is 30.3 Å². The van der Waals surface area contributed by atoms with Crippen LogP contribution in [0.3, 0.4) is 0 Å². The molecule has 7 heteroatoms. The molecule has 1 unspecified atom stereocenters. The highest BCUT2D eigenvalue weighted by Gasteiger charge is 2.31. The predicted molar refractivity (Wildman–Crippen MR) is 72.8 cm³/mol. The summed E-state index contributed by atoms with van der Waals surface area (Å²) in [6.07, 6.45) is 1.18. The number of cyclic esters (lactones) is 1. The van der Waals surface area contributed by atoms with E-state index >= 15 is 0 Å². The van der Waals surface area contributed by atoms with E-state index in [1.165, 1.54) is 10.7 Å². The first-order valence-corrected chi connectivity index (χ1v) is 6.43. The maximum absolute atomic E-state index is 11.9. The number of benzene rings is 1. The zero-order valence-corrected chi connectivity index (χ0v) is 11.1. The molecule has 1 atom stereocenters. The highest BCUT2D eigenvalue weighted by atomic mass is 16.6. The Hall–Kier alpha value is -2.83. The molecule has 0 amide bonds. The number of nitrogen functional groups attached to an aromatic ring is 1. The molecule has 3 rings (SSSR count). The summed E-state index contributed by atoms with van der Waals surface area (Å²) >= 11 is 0. The summed E-state index contributed by atoms with van der Waals surface area (Å²) in [4.78, 5) is 23.2. The summed E-state index contributed by atoms with van der Waals surface area (Å²) in [5.41, 5.74) is 7.16. The first-order chi connectivity index (χ1) is 10.1. The molecular weight excluding hydrogens is 274 g/mol. The summed E-state index contributed by atoms with van der Waals surface area (Å²) < 4.78 is 11.3. The Kier molecular flexibility index (Phi) is 3.31. The van der Waals surface area contributed by atoms with Crippen LogP contribution in [0.1, 0.15) is 16.9 Å². The molecule has 1 aromatic carbocycles. The van der Waals surface area contributed by atoms with Crippen molar-refractivity contribution in [3.05, 3.63) is 42.2 Å². The maximum atomic E-state index is 11.9. The van der Waals surface area contributed by atoms with E-state index in [-0.39, 0.29) is 12.3 Å². The van der Waals surface area contributed by atoms with E-state index in [0.29, 0.717) is 12.1 Å². The van der Waals surface area contributed by atoms with Crippen LogP contribution in [-0.2, 0) is 14.3 Å². The van der Waals surface area contributed by atoms with Gasteiger partial charge in [0.2, 0.25) is 6.10 Å². The fraction of sp³-hybridized carbons (Fsp3) is 0.214. The van der Waals surface area contributed by atoms with E-state index in [1.54, 1.807) is 30.5 Å². The predicted octanol–water partition coefficient (Wildman–Crippen LogP) is 0.927. The largest absolute Gasteiger partial charge is 0.463 e. The minimum Gasteiger partial charge on any atom is -0.463 e. The Bertz CT molecular complexity index is 678. The van der Waals surface area contributed by atoms with Crippen molar-refractivity contribution in [3.63, 3.8) is 0 Å². The van der Waals surface area contributed by atoms with Crippen LogP contribution in [0.15, 0.2) is 36.5 Å². The van der Waals surface area contributed by atoms with E-state index in [1.807, 2.05) is 0 Å². The molecular formula is C14H13N3O4. The average Bonchev–Trinajstić information content (AvgIpc) is 3.10. The number of carbonyl (C=O) groups excluding carboxylic acids is 2. The van der Waals surface area contributed by atoms with Gasteiger partial charge in [0.15, 0.2) is 5.69 Å². The summed E-state index contributed by atoms with van der Waals surface area (Å²) in [6.45, 7) is 0.274. The number of ether oxygens (including phenoxy) is 2. The lowest BCUT2D eigenvalue weighted by molar-refractivity contribution is -0.145. The van der Waals surface area contributed by atoms with Gasteiger partial charge in [-0.3, -0.25) is 0 Å². The van der Waals surface area contributed by atoms with Crippen molar-refractivity contribution in [2.75, 3.05) is 12.3 Å².